The molecule has 19 heavy (non-hydrogen) atoms. The van der Waals surface area contributed by atoms with Crippen LogP contribution in [-0.2, 0) is 11.8 Å². The summed E-state index contributed by atoms with van der Waals surface area (Å²) in [6.07, 6.45) is -0.322. The van der Waals surface area contributed by atoms with Crippen molar-refractivity contribution in [1.82, 2.24) is 14.7 Å². The van der Waals surface area contributed by atoms with Gasteiger partial charge in [-0.25, -0.2) is 0 Å². The Morgan fingerprint density at radius 2 is 2.05 bits per heavy atom. The quantitative estimate of drug-likeness (QED) is 0.888. The number of halogens is 3. The van der Waals surface area contributed by atoms with Crippen LogP contribution in [-0.4, -0.2) is 45.9 Å². The Bertz CT molecular complexity index is 449. The van der Waals surface area contributed by atoms with Gasteiger partial charge in [0.15, 0.2) is 0 Å². The van der Waals surface area contributed by atoms with E-state index in [0.29, 0.717) is 12.8 Å². The molecule has 0 atom stereocenters. The molecular weight excluding hydrogens is 261 g/mol. The second kappa shape index (κ2) is 5.10. The average Bonchev–Trinajstić information content (AvgIpc) is 2.74. The van der Waals surface area contributed by atoms with Gasteiger partial charge in [-0.15, -0.1) is 0 Å². The number of hydrogen-bond donors (Lipinski definition) is 1. The van der Waals surface area contributed by atoms with Crippen molar-refractivity contribution in [2.75, 3.05) is 18.4 Å². The first-order valence-corrected chi connectivity index (χ1v) is 5.97. The van der Waals surface area contributed by atoms with Gasteiger partial charge in [0.05, 0.1) is 11.9 Å². The molecule has 1 N–H and O–H groups in total. The Morgan fingerprint density at radius 1 is 1.42 bits per heavy atom. The molecule has 0 spiro atoms. The molecular formula is C11H15F3N4O. The molecule has 1 aromatic heterocycles. The minimum Gasteiger partial charge on any atom is -0.380 e. The van der Waals surface area contributed by atoms with Crippen LogP contribution >= 0.6 is 0 Å². The lowest BCUT2D eigenvalue weighted by Gasteiger charge is -2.32. The number of nitrogens with one attached hydrogen (secondary N) is 1. The van der Waals surface area contributed by atoms with E-state index in [-0.39, 0.29) is 19.1 Å². The van der Waals surface area contributed by atoms with Gasteiger partial charge in [-0.3, -0.25) is 9.48 Å². The van der Waals surface area contributed by atoms with Gasteiger partial charge in [-0.1, -0.05) is 0 Å². The van der Waals surface area contributed by atoms with Gasteiger partial charge in [0.25, 0.3) is 0 Å². The molecule has 1 amide bonds. The molecule has 0 radical (unpaired) electrons. The smallest absolute Gasteiger partial charge is 0.380 e. The van der Waals surface area contributed by atoms with Crippen molar-refractivity contribution in [3.63, 3.8) is 0 Å². The third-order valence-corrected chi connectivity index (χ3v) is 3.10. The number of anilines is 1. The van der Waals surface area contributed by atoms with Crippen LogP contribution in [0.1, 0.15) is 12.8 Å². The first kappa shape index (κ1) is 13.7. The lowest BCUT2D eigenvalue weighted by Crippen LogP contribution is -2.47. The van der Waals surface area contributed by atoms with Gasteiger partial charge >= 0.3 is 12.1 Å². The highest BCUT2D eigenvalue weighted by Gasteiger charge is 2.43. The molecule has 106 valence electrons. The second-order valence-electron chi connectivity index (χ2n) is 4.61. The lowest BCUT2D eigenvalue weighted by atomic mass is 10.0. The van der Waals surface area contributed by atoms with Crippen molar-refractivity contribution >= 4 is 11.6 Å². The molecule has 0 saturated carbocycles. The molecule has 1 aromatic rings. The van der Waals surface area contributed by atoms with Gasteiger partial charge in [-0.2, -0.15) is 18.3 Å². The third-order valence-electron chi connectivity index (χ3n) is 3.10. The van der Waals surface area contributed by atoms with Crippen LogP contribution in [0.4, 0.5) is 18.9 Å². The van der Waals surface area contributed by atoms with E-state index in [9.17, 15) is 18.0 Å². The normalized spacial score (nSPS) is 17.6. The highest BCUT2D eigenvalue weighted by Crippen LogP contribution is 2.22. The molecule has 0 aliphatic carbocycles. The van der Waals surface area contributed by atoms with E-state index in [1.807, 2.05) is 0 Å². The molecule has 2 rings (SSSR count). The van der Waals surface area contributed by atoms with Crippen LogP contribution in [0.5, 0.6) is 0 Å². The minimum absolute atomic E-state index is 0.0708. The molecule has 1 aliphatic rings. The molecule has 1 aliphatic heterocycles. The summed E-state index contributed by atoms with van der Waals surface area (Å²) < 4.78 is 38.4. The fraction of sp³-hybridized carbons (Fsp3) is 0.636. The topological polar surface area (TPSA) is 50.2 Å². The first-order chi connectivity index (χ1) is 8.86. The molecule has 1 saturated heterocycles. The summed E-state index contributed by atoms with van der Waals surface area (Å²) in [5.41, 5.74) is 0.836. The van der Waals surface area contributed by atoms with Crippen LogP contribution in [0.25, 0.3) is 0 Å². The van der Waals surface area contributed by atoms with Gasteiger partial charge < -0.3 is 10.2 Å². The number of rotatable bonds is 2. The van der Waals surface area contributed by atoms with Crippen molar-refractivity contribution in [2.24, 2.45) is 7.05 Å². The predicted molar refractivity (Wildman–Crippen MR) is 62.5 cm³/mol. The zero-order valence-electron chi connectivity index (χ0n) is 10.4. The summed E-state index contributed by atoms with van der Waals surface area (Å²) in [6, 6.07) is 0.0708. The Kier molecular flexibility index (Phi) is 3.68. The van der Waals surface area contributed by atoms with E-state index >= 15 is 0 Å². The summed E-state index contributed by atoms with van der Waals surface area (Å²) >= 11 is 0. The molecule has 2 heterocycles. The van der Waals surface area contributed by atoms with E-state index in [2.05, 4.69) is 10.4 Å². The number of likely N-dealkylation sites (tertiary alicyclic amines) is 1. The number of alkyl halides is 3. The summed E-state index contributed by atoms with van der Waals surface area (Å²) in [6.45, 7) is 0.243. The summed E-state index contributed by atoms with van der Waals surface area (Å²) in [5, 5.41) is 7.20. The second-order valence-corrected chi connectivity index (χ2v) is 4.61. The number of aryl methyl sites for hydroxylation is 1. The number of amides is 1. The fourth-order valence-electron chi connectivity index (χ4n) is 2.14. The largest absolute Gasteiger partial charge is 0.471 e. The van der Waals surface area contributed by atoms with Crippen LogP contribution < -0.4 is 5.32 Å². The van der Waals surface area contributed by atoms with Gasteiger partial charge in [0.1, 0.15) is 0 Å². The highest BCUT2D eigenvalue weighted by molar-refractivity contribution is 5.81. The van der Waals surface area contributed by atoms with Crippen molar-refractivity contribution < 1.29 is 18.0 Å². The Hall–Kier alpha value is -1.73. The molecule has 5 nitrogen and oxygen atoms in total. The molecule has 8 heteroatoms. The Morgan fingerprint density at radius 3 is 2.53 bits per heavy atom. The van der Waals surface area contributed by atoms with Crippen molar-refractivity contribution in [3.8, 4) is 0 Å². The van der Waals surface area contributed by atoms with E-state index in [4.69, 9.17) is 0 Å². The van der Waals surface area contributed by atoms with Crippen LogP contribution in [0.15, 0.2) is 12.4 Å². The van der Waals surface area contributed by atoms with Crippen LogP contribution in [0, 0.1) is 0 Å². The Balaban J connectivity index is 1.84. The Labute approximate surface area is 108 Å². The highest BCUT2D eigenvalue weighted by atomic mass is 19.4. The van der Waals surface area contributed by atoms with Gasteiger partial charge in [0, 0.05) is 32.4 Å². The summed E-state index contributed by atoms with van der Waals surface area (Å²) in [5.74, 6) is -1.74. The zero-order valence-corrected chi connectivity index (χ0v) is 10.4. The van der Waals surface area contributed by atoms with E-state index in [1.54, 1.807) is 24.1 Å². The molecule has 0 aromatic carbocycles. The number of nitrogens with zero attached hydrogens (tertiary/aromatic N) is 3. The lowest BCUT2D eigenvalue weighted by molar-refractivity contribution is -0.186. The monoisotopic (exact) mass is 276 g/mol. The van der Waals surface area contributed by atoms with Crippen molar-refractivity contribution in [1.29, 1.82) is 0 Å². The van der Waals surface area contributed by atoms with E-state index in [1.165, 1.54) is 0 Å². The maximum absolute atomic E-state index is 12.3. The molecule has 0 bridgehead atoms. The van der Waals surface area contributed by atoms with Gasteiger partial charge in [0.2, 0.25) is 0 Å². The van der Waals surface area contributed by atoms with Crippen molar-refractivity contribution in [2.45, 2.75) is 25.1 Å². The number of carbonyl (C=O) groups excluding carboxylic acids is 1. The predicted octanol–water partition coefficient (Wildman–Crippen LogP) is 1.39. The maximum atomic E-state index is 12.3. The standard InChI is InChI=1S/C11H15F3N4O/c1-17-7-9(6-15-17)16-8-2-4-18(5-3-8)10(19)11(12,13)14/h6-8,16H,2-5H2,1H3. The molecule has 1 fully saturated rings. The van der Waals surface area contributed by atoms with Crippen LogP contribution in [0.2, 0.25) is 0 Å². The average molecular weight is 276 g/mol. The summed E-state index contributed by atoms with van der Waals surface area (Å²) in [4.78, 5) is 11.9. The van der Waals surface area contributed by atoms with Gasteiger partial charge in [-0.05, 0) is 12.8 Å². The number of carbonyl (C=O) groups is 1. The number of hydrogen-bond acceptors (Lipinski definition) is 3. The SMILES string of the molecule is Cn1cc(NC2CCN(C(=O)C(F)(F)F)CC2)cn1. The first-order valence-electron chi connectivity index (χ1n) is 5.97. The molecule has 0 unspecified atom stereocenters. The number of aromatic nitrogens is 2. The number of piperidine rings is 1. The zero-order chi connectivity index (χ0) is 14.0. The van der Waals surface area contributed by atoms with E-state index < -0.39 is 12.1 Å². The fourth-order valence-corrected chi connectivity index (χ4v) is 2.14. The third kappa shape index (κ3) is 3.39. The van der Waals surface area contributed by atoms with Crippen LogP contribution in [0.3, 0.4) is 0 Å². The summed E-state index contributed by atoms with van der Waals surface area (Å²) in [7, 11) is 1.79. The minimum atomic E-state index is -4.77. The van der Waals surface area contributed by atoms with Crippen molar-refractivity contribution in [3.05, 3.63) is 12.4 Å². The van der Waals surface area contributed by atoms with E-state index in [0.717, 1.165) is 10.6 Å². The maximum Gasteiger partial charge on any atom is 0.471 e.